The van der Waals surface area contributed by atoms with E-state index < -0.39 is 0 Å². The van der Waals surface area contributed by atoms with Crippen molar-refractivity contribution < 1.29 is 8.81 Å². The molecule has 17 heavy (non-hydrogen) atoms. The van der Waals surface area contributed by atoms with Crippen LogP contribution in [0.2, 0.25) is 0 Å². The Hall–Kier alpha value is -1.13. The fraction of sp³-hybridized carbons (Fsp3) is 0.231. The van der Waals surface area contributed by atoms with Gasteiger partial charge in [0.15, 0.2) is 0 Å². The van der Waals surface area contributed by atoms with Gasteiger partial charge in [0.1, 0.15) is 11.6 Å². The Labute approximate surface area is 108 Å². The predicted octanol–water partition coefficient (Wildman–Crippen LogP) is 3.68. The van der Waals surface area contributed by atoms with Crippen LogP contribution in [0.4, 0.5) is 4.39 Å². The average molecular weight is 298 g/mol. The number of hydrogen-bond donors (Lipinski definition) is 1. The largest absolute Gasteiger partial charge is 0.469 e. The second-order valence-electron chi connectivity index (χ2n) is 3.79. The topological polar surface area (TPSA) is 25.2 Å². The van der Waals surface area contributed by atoms with Crippen molar-refractivity contribution in [2.75, 3.05) is 7.05 Å². The summed E-state index contributed by atoms with van der Waals surface area (Å²) < 4.78 is 19.9. The van der Waals surface area contributed by atoms with Crippen molar-refractivity contribution in [2.45, 2.75) is 12.5 Å². The maximum absolute atomic E-state index is 13.7. The van der Waals surface area contributed by atoms with Gasteiger partial charge in [-0.15, -0.1) is 0 Å². The Morgan fingerprint density at radius 3 is 2.88 bits per heavy atom. The molecule has 0 spiro atoms. The molecular weight excluding hydrogens is 285 g/mol. The zero-order chi connectivity index (χ0) is 12.3. The maximum Gasteiger partial charge on any atom is 0.128 e. The van der Waals surface area contributed by atoms with Gasteiger partial charge in [0, 0.05) is 22.5 Å². The van der Waals surface area contributed by atoms with Gasteiger partial charge in [-0.3, -0.25) is 0 Å². The number of benzene rings is 1. The fourth-order valence-electron chi connectivity index (χ4n) is 1.78. The summed E-state index contributed by atoms with van der Waals surface area (Å²) in [6.45, 7) is 0. The Kier molecular flexibility index (Phi) is 3.97. The molecule has 90 valence electrons. The van der Waals surface area contributed by atoms with E-state index >= 15 is 0 Å². The lowest BCUT2D eigenvalue weighted by Crippen LogP contribution is -2.19. The van der Waals surface area contributed by atoms with E-state index in [4.69, 9.17) is 4.42 Å². The van der Waals surface area contributed by atoms with Gasteiger partial charge < -0.3 is 9.73 Å². The minimum Gasteiger partial charge on any atom is -0.469 e. The highest BCUT2D eigenvalue weighted by Gasteiger charge is 2.16. The van der Waals surface area contributed by atoms with Gasteiger partial charge in [0.25, 0.3) is 0 Å². The van der Waals surface area contributed by atoms with Crippen LogP contribution >= 0.6 is 15.9 Å². The molecule has 4 heteroatoms. The quantitative estimate of drug-likeness (QED) is 0.931. The van der Waals surface area contributed by atoms with Crippen LogP contribution in [0.25, 0.3) is 0 Å². The van der Waals surface area contributed by atoms with Crippen molar-refractivity contribution in [3.8, 4) is 0 Å². The summed E-state index contributed by atoms with van der Waals surface area (Å²) >= 11 is 3.35. The first kappa shape index (κ1) is 12.3. The summed E-state index contributed by atoms with van der Waals surface area (Å²) in [5.41, 5.74) is 0.637. The van der Waals surface area contributed by atoms with Gasteiger partial charge >= 0.3 is 0 Å². The summed E-state index contributed by atoms with van der Waals surface area (Å²) in [5.74, 6) is 0.628. The van der Waals surface area contributed by atoms with Crippen LogP contribution in [0.1, 0.15) is 17.4 Å². The predicted molar refractivity (Wildman–Crippen MR) is 68.3 cm³/mol. The van der Waals surface area contributed by atoms with Crippen LogP contribution in [0.5, 0.6) is 0 Å². The molecule has 0 aliphatic rings. The third kappa shape index (κ3) is 2.96. The summed E-state index contributed by atoms with van der Waals surface area (Å²) in [7, 11) is 1.81. The summed E-state index contributed by atoms with van der Waals surface area (Å²) in [4.78, 5) is 0. The lowest BCUT2D eigenvalue weighted by atomic mass is 10.0. The van der Waals surface area contributed by atoms with E-state index in [0.717, 1.165) is 10.2 Å². The maximum atomic E-state index is 13.7. The molecular formula is C13H13BrFNO. The molecule has 1 aromatic heterocycles. The molecule has 0 aliphatic carbocycles. The molecule has 1 atom stereocenters. The molecule has 1 aromatic carbocycles. The van der Waals surface area contributed by atoms with Crippen molar-refractivity contribution >= 4 is 15.9 Å². The standard InChI is InChI=1S/C13H13BrFNO/c1-16-13(8-10-3-2-6-17-10)11-7-9(14)4-5-12(11)15/h2-7,13,16H,8H2,1H3. The number of hydrogen-bond acceptors (Lipinski definition) is 2. The Morgan fingerprint density at radius 1 is 1.41 bits per heavy atom. The average Bonchev–Trinajstić information content (AvgIpc) is 2.82. The van der Waals surface area contributed by atoms with Crippen LogP contribution in [0.15, 0.2) is 45.5 Å². The third-order valence-electron chi connectivity index (χ3n) is 2.67. The molecule has 1 heterocycles. The highest BCUT2D eigenvalue weighted by molar-refractivity contribution is 9.10. The van der Waals surface area contributed by atoms with Crippen LogP contribution in [-0.2, 0) is 6.42 Å². The summed E-state index contributed by atoms with van der Waals surface area (Å²) in [5, 5.41) is 3.10. The lowest BCUT2D eigenvalue weighted by molar-refractivity contribution is 0.455. The molecule has 0 bridgehead atoms. The number of furan rings is 1. The SMILES string of the molecule is CNC(Cc1ccco1)c1cc(Br)ccc1F. The molecule has 0 fully saturated rings. The molecule has 0 saturated carbocycles. The van der Waals surface area contributed by atoms with Crippen molar-refractivity contribution in [2.24, 2.45) is 0 Å². The van der Waals surface area contributed by atoms with Crippen LogP contribution < -0.4 is 5.32 Å². The summed E-state index contributed by atoms with van der Waals surface area (Å²) in [6.07, 6.45) is 2.25. The molecule has 0 saturated heterocycles. The Bertz CT molecular complexity index is 484. The first-order chi connectivity index (χ1) is 8.20. The molecule has 2 nitrogen and oxygen atoms in total. The van der Waals surface area contributed by atoms with E-state index in [9.17, 15) is 4.39 Å². The van der Waals surface area contributed by atoms with E-state index in [0.29, 0.717) is 12.0 Å². The monoisotopic (exact) mass is 297 g/mol. The molecule has 0 amide bonds. The van der Waals surface area contributed by atoms with Gasteiger partial charge in [0.05, 0.1) is 6.26 Å². The minimum absolute atomic E-state index is 0.0985. The highest BCUT2D eigenvalue weighted by atomic mass is 79.9. The van der Waals surface area contributed by atoms with Crippen LogP contribution in [-0.4, -0.2) is 7.05 Å². The van der Waals surface area contributed by atoms with Crippen molar-refractivity contribution in [1.29, 1.82) is 0 Å². The smallest absolute Gasteiger partial charge is 0.128 e. The lowest BCUT2D eigenvalue weighted by Gasteiger charge is -2.16. The molecule has 1 unspecified atom stereocenters. The summed E-state index contributed by atoms with van der Waals surface area (Å²) in [6, 6.07) is 8.57. The van der Waals surface area contributed by atoms with E-state index in [2.05, 4.69) is 21.2 Å². The van der Waals surface area contributed by atoms with Gasteiger partial charge in [0.2, 0.25) is 0 Å². The molecule has 2 aromatic rings. The van der Waals surface area contributed by atoms with Crippen LogP contribution in [0, 0.1) is 5.82 Å². The van der Waals surface area contributed by atoms with E-state index in [1.54, 1.807) is 18.4 Å². The van der Waals surface area contributed by atoms with Crippen molar-refractivity contribution in [3.63, 3.8) is 0 Å². The normalized spacial score (nSPS) is 12.6. The van der Waals surface area contributed by atoms with Gasteiger partial charge in [-0.2, -0.15) is 0 Å². The highest BCUT2D eigenvalue weighted by Crippen LogP contribution is 2.24. The zero-order valence-electron chi connectivity index (χ0n) is 9.41. The second kappa shape index (κ2) is 5.47. The van der Waals surface area contributed by atoms with Crippen molar-refractivity contribution in [3.05, 3.63) is 58.2 Å². The minimum atomic E-state index is -0.209. The number of halogens is 2. The number of rotatable bonds is 4. The van der Waals surface area contributed by atoms with Gasteiger partial charge in [-0.1, -0.05) is 15.9 Å². The Balaban J connectivity index is 2.25. The molecule has 2 rings (SSSR count). The second-order valence-corrected chi connectivity index (χ2v) is 4.71. The van der Waals surface area contributed by atoms with Gasteiger partial charge in [-0.05, 0) is 37.4 Å². The number of likely N-dealkylation sites (N-methyl/N-ethyl adjacent to an activating group) is 1. The van der Waals surface area contributed by atoms with Gasteiger partial charge in [-0.25, -0.2) is 4.39 Å². The van der Waals surface area contributed by atoms with Crippen molar-refractivity contribution in [1.82, 2.24) is 5.32 Å². The molecule has 1 N–H and O–H groups in total. The molecule has 0 aliphatic heterocycles. The first-order valence-corrected chi connectivity index (χ1v) is 6.14. The third-order valence-corrected chi connectivity index (χ3v) is 3.16. The zero-order valence-corrected chi connectivity index (χ0v) is 11.0. The van der Waals surface area contributed by atoms with E-state index in [1.165, 1.54) is 6.07 Å². The first-order valence-electron chi connectivity index (χ1n) is 5.35. The van der Waals surface area contributed by atoms with E-state index in [-0.39, 0.29) is 11.9 Å². The number of nitrogens with one attached hydrogen (secondary N) is 1. The van der Waals surface area contributed by atoms with E-state index in [1.807, 2.05) is 19.2 Å². The molecule has 0 radical (unpaired) electrons. The Morgan fingerprint density at radius 2 is 2.24 bits per heavy atom. The fourth-order valence-corrected chi connectivity index (χ4v) is 2.16. The van der Waals surface area contributed by atoms with Crippen LogP contribution in [0.3, 0.4) is 0 Å².